The summed E-state index contributed by atoms with van der Waals surface area (Å²) in [6.45, 7) is 1.87. The number of nitrogens with two attached hydrogens (primary N) is 1. The number of terminal acetylenes is 1. The topological polar surface area (TPSA) is 73.6 Å². The number of ether oxygens (including phenoxy) is 2. The molecule has 1 atom stereocenters. The van der Waals surface area contributed by atoms with Crippen molar-refractivity contribution < 1.29 is 14.3 Å². The molecular weight excluding hydrogens is 292 g/mol. The van der Waals surface area contributed by atoms with Gasteiger partial charge in [0.25, 0.3) is 5.91 Å². The lowest BCUT2D eigenvalue weighted by Crippen LogP contribution is -2.29. The smallest absolute Gasteiger partial charge is 0.258 e. The Morgan fingerprint density at radius 2 is 2.29 bits per heavy atom. The van der Waals surface area contributed by atoms with Crippen LogP contribution in [0.1, 0.15) is 12.5 Å². The molecule has 0 aliphatic heterocycles. The molecule has 0 heterocycles. The van der Waals surface area contributed by atoms with E-state index in [1.807, 2.05) is 6.92 Å². The van der Waals surface area contributed by atoms with Crippen LogP contribution >= 0.6 is 11.6 Å². The highest BCUT2D eigenvalue weighted by molar-refractivity contribution is 6.32. The minimum absolute atomic E-state index is 0.00656. The highest BCUT2D eigenvalue weighted by atomic mass is 35.5. The quantitative estimate of drug-likeness (QED) is 0.746. The van der Waals surface area contributed by atoms with Crippen molar-refractivity contribution in [2.45, 2.75) is 19.4 Å². The van der Waals surface area contributed by atoms with Gasteiger partial charge in [-0.05, 0) is 31.0 Å². The van der Waals surface area contributed by atoms with Crippen molar-refractivity contribution in [2.24, 2.45) is 5.73 Å². The molecule has 1 rings (SSSR count). The van der Waals surface area contributed by atoms with Gasteiger partial charge in [-0.15, -0.1) is 6.42 Å². The zero-order valence-corrected chi connectivity index (χ0v) is 12.9. The van der Waals surface area contributed by atoms with Crippen LogP contribution in [0.2, 0.25) is 5.02 Å². The monoisotopic (exact) mass is 310 g/mol. The Morgan fingerprint density at radius 3 is 2.86 bits per heavy atom. The van der Waals surface area contributed by atoms with E-state index in [4.69, 9.17) is 33.2 Å². The summed E-state index contributed by atoms with van der Waals surface area (Å²) in [5, 5.41) is 2.87. The largest absolute Gasteiger partial charge is 0.493 e. The first-order valence-corrected chi connectivity index (χ1v) is 6.80. The van der Waals surface area contributed by atoms with Gasteiger partial charge in [0.15, 0.2) is 18.1 Å². The summed E-state index contributed by atoms with van der Waals surface area (Å²) in [6, 6.07) is 3.55. The van der Waals surface area contributed by atoms with Crippen LogP contribution in [0.4, 0.5) is 0 Å². The number of hydrogen-bond donors (Lipinski definition) is 2. The average Bonchev–Trinajstić information content (AvgIpc) is 2.42. The van der Waals surface area contributed by atoms with E-state index in [2.05, 4.69) is 11.2 Å². The molecule has 1 unspecified atom stereocenters. The zero-order chi connectivity index (χ0) is 15.8. The number of hydrogen-bond acceptors (Lipinski definition) is 4. The highest BCUT2D eigenvalue weighted by Crippen LogP contribution is 2.36. The first-order valence-electron chi connectivity index (χ1n) is 6.42. The van der Waals surface area contributed by atoms with Gasteiger partial charge in [-0.1, -0.05) is 17.5 Å². The second-order valence-electron chi connectivity index (χ2n) is 4.56. The maximum Gasteiger partial charge on any atom is 0.258 e. The third-order valence-electron chi connectivity index (χ3n) is 2.58. The molecule has 0 bridgehead atoms. The Hall–Kier alpha value is -1.90. The lowest BCUT2D eigenvalue weighted by atomic mass is 10.1. The molecule has 1 aromatic rings. The number of methoxy groups -OCH3 is 1. The maximum atomic E-state index is 11.5. The van der Waals surface area contributed by atoms with Gasteiger partial charge in [-0.25, -0.2) is 0 Å². The van der Waals surface area contributed by atoms with Gasteiger partial charge in [0, 0.05) is 6.04 Å². The van der Waals surface area contributed by atoms with E-state index in [0.717, 1.165) is 5.56 Å². The van der Waals surface area contributed by atoms with Gasteiger partial charge in [-0.2, -0.15) is 0 Å². The molecule has 1 aromatic carbocycles. The van der Waals surface area contributed by atoms with E-state index in [1.54, 1.807) is 12.1 Å². The van der Waals surface area contributed by atoms with Crippen LogP contribution < -0.4 is 20.5 Å². The molecule has 0 spiro atoms. The fourth-order valence-electron chi connectivity index (χ4n) is 1.74. The molecule has 0 aliphatic rings. The van der Waals surface area contributed by atoms with Gasteiger partial charge >= 0.3 is 0 Å². The first-order chi connectivity index (χ1) is 9.97. The van der Waals surface area contributed by atoms with Crippen LogP contribution in [0.5, 0.6) is 11.5 Å². The predicted octanol–water partition coefficient (Wildman–Crippen LogP) is 1.37. The number of carbonyl (C=O) groups excluding carboxylic acids is 1. The fraction of sp³-hybridized carbons (Fsp3) is 0.400. The van der Waals surface area contributed by atoms with Crippen molar-refractivity contribution in [3.8, 4) is 23.8 Å². The van der Waals surface area contributed by atoms with E-state index in [-0.39, 0.29) is 25.1 Å². The predicted molar refractivity (Wildman–Crippen MR) is 82.7 cm³/mol. The molecule has 0 fully saturated rings. The molecule has 0 saturated carbocycles. The second kappa shape index (κ2) is 8.40. The molecule has 6 heteroatoms. The molecule has 0 aromatic heterocycles. The zero-order valence-electron chi connectivity index (χ0n) is 12.1. The number of carbonyl (C=O) groups is 1. The Kier molecular flexibility index (Phi) is 6.86. The van der Waals surface area contributed by atoms with E-state index < -0.39 is 0 Å². The molecule has 21 heavy (non-hydrogen) atoms. The van der Waals surface area contributed by atoms with Gasteiger partial charge in [0.2, 0.25) is 0 Å². The van der Waals surface area contributed by atoms with Gasteiger partial charge in [-0.3, -0.25) is 4.79 Å². The van der Waals surface area contributed by atoms with Crippen LogP contribution in [0.25, 0.3) is 0 Å². The Morgan fingerprint density at radius 1 is 1.57 bits per heavy atom. The van der Waals surface area contributed by atoms with E-state index in [9.17, 15) is 4.79 Å². The van der Waals surface area contributed by atoms with Crippen molar-refractivity contribution in [2.75, 3.05) is 20.3 Å². The molecular formula is C15H19ClN2O3. The molecule has 0 aliphatic carbocycles. The third-order valence-corrected chi connectivity index (χ3v) is 2.86. The standard InChI is InChI=1S/C15H19ClN2O3/c1-4-5-18-14(19)9-21-15-12(16)7-11(6-10(2)17)8-13(15)20-3/h1,7-8,10H,5-6,9,17H2,2-3H3,(H,18,19). The Bertz CT molecular complexity index is 538. The second-order valence-corrected chi connectivity index (χ2v) is 4.97. The van der Waals surface area contributed by atoms with Gasteiger partial charge in [0.05, 0.1) is 18.7 Å². The van der Waals surface area contributed by atoms with Crippen molar-refractivity contribution in [1.82, 2.24) is 5.32 Å². The molecule has 114 valence electrons. The molecule has 0 saturated heterocycles. The number of benzene rings is 1. The van der Waals surface area contributed by atoms with E-state index in [0.29, 0.717) is 22.9 Å². The first kappa shape index (κ1) is 17.2. The number of halogens is 1. The van der Waals surface area contributed by atoms with Crippen LogP contribution in [0.3, 0.4) is 0 Å². The summed E-state index contributed by atoms with van der Waals surface area (Å²) in [6.07, 6.45) is 5.72. The minimum Gasteiger partial charge on any atom is -0.493 e. The van der Waals surface area contributed by atoms with Crippen molar-refractivity contribution in [1.29, 1.82) is 0 Å². The fourth-order valence-corrected chi connectivity index (χ4v) is 2.03. The van der Waals surface area contributed by atoms with Crippen LogP contribution in [-0.2, 0) is 11.2 Å². The molecule has 0 radical (unpaired) electrons. The third kappa shape index (κ3) is 5.54. The van der Waals surface area contributed by atoms with Crippen LogP contribution in [0, 0.1) is 12.3 Å². The lowest BCUT2D eigenvalue weighted by molar-refractivity contribution is -0.122. The number of amides is 1. The normalized spacial score (nSPS) is 11.4. The van der Waals surface area contributed by atoms with Crippen LogP contribution in [-0.4, -0.2) is 32.2 Å². The summed E-state index contributed by atoms with van der Waals surface area (Å²) in [4.78, 5) is 11.5. The summed E-state index contributed by atoms with van der Waals surface area (Å²) in [7, 11) is 1.51. The van der Waals surface area contributed by atoms with E-state index >= 15 is 0 Å². The van der Waals surface area contributed by atoms with Crippen molar-refractivity contribution in [3.63, 3.8) is 0 Å². The minimum atomic E-state index is -0.328. The summed E-state index contributed by atoms with van der Waals surface area (Å²) >= 11 is 6.17. The van der Waals surface area contributed by atoms with E-state index in [1.165, 1.54) is 7.11 Å². The summed E-state index contributed by atoms with van der Waals surface area (Å²) in [5.74, 6) is 2.76. The maximum absolute atomic E-state index is 11.5. The SMILES string of the molecule is C#CCNC(=O)COc1c(Cl)cc(CC(C)N)cc1OC. The highest BCUT2D eigenvalue weighted by Gasteiger charge is 2.14. The van der Waals surface area contributed by atoms with Gasteiger partial charge in [0.1, 0.15) is 0 Å². The molecule has 5 nitrogen and oxygen atoms in total. The Labute approximate surface area is 129 Å². The molecule has 3 N–H and O–H groups in total. The average molecular weight is 311 g/mol. The Balaban J connectivity index is 2.82. The van der Waals surface area contributed by atoms with Crippen molar-refractivity contribution in [3.05, 3.63) is 22.7 Å². The number of nitrogens with one attached hydrogen (secondary N) is 1. The van der Waals surface area contributed by atoms with Gasteiger partial charge < -0.3 is 20.5 Å². The molecule has 1 amide bonds. The summed E-state index contributed by atoms with van der Waals surface area (Å²) < 4.78 is 10.7. The van der Waals surface area contributed by atoms with Crippen molar-refractivity contribution >= 4 is 17.5 Å². The lowest BCUT2D eigenvalue weighted by Gasteiger charge is -2.14. The van der Waals surface area contributed by atoms with Crippen LogP contribution in [0.15, 0.2) is 12.1 Å². The summed E-state index contributed by atoms with van der Waals surface area (Å²) in [5.41, 5.74) is 6.71. The number of rotatable bonds is 7.